The number of carbonyl (C=O) groups is 2. The van der Waals surface area contributed by atoms with Crippen LogP contribution in [0.25, 0.3) is 0 Å². The average Bonchev–Trinajstić information content (AvgIpc) is 2.74. The molecule has 8 nitrogen and oxygen atoms in total. The average molecular weight is 388 g/mol. The van der Waals surface area contributed by atoms with E-state index in [1.54, 1.807) is 7.11 Å². The molecule has 0 saturated carbocycles. The van der Waals surface area contributed by atoms with Crippen molar-refractivity contribution >= 4 is 11.8 Å². The molecular weight excluding hydrogens is 364 g/mol. The van der Waals surface area contributed by atoms with Crippen molar-refractivity contribution in [3.63, 3.8) is 0 Å². The number of hydrogen-bond acceptors (Lipinski definition) is 6. The highest BCUT2D eigenvalue weighted by molar-refractivity contribution is 5.96. The van der Waals surface area contributed by atoms with Crippen molar-refractivity contribution in [3.05, 3.63) is 47.5 Å². The SMILES string of the molecule is COc1ccc(CCC(=O)NNC(=O)c2cc(OC)c(OC)c(OC)c2)cc1. The second kappa shape index (κ2) is 10.1. The van der Waals surface area contributed by atoms with Gasteiger partial charge in [-0.15, -0.1) is 0 Å². The van der Waals surface area contributed by atoms with Crippen LogP contribution in [0.15, 0.2) is 36.4 Å². The summed E-state index contributed by atoms with van der Waals surface area (Å²) in [6, 6.07) is 10.4. The molecule has 150 valence electrons. The van der Waals surface area contributed by atoms with Crippen molar-refractivity contribution in [2.24, 2.45) is 0 Å². The summed E-state index contributed by atoms with van der Waals surface area (Å²) in [4.78, 5) is 24.3. The number of hydrogen-bond donors (Lipinski definition) is 2. The van der Waals surface area contributed by atoms with Gasteiger partial charge in [-0.2, -0.15) is 0 Å². The molecule has 2 N–H and O–H groups in total. The minimum absolute atomic E-state index is 0.224. The van der Waals surface area contributed by atoms with E-state index in [9.17, 15) is 9.59 Å². The standard InChI is InChI=1S/C20H24N2O6/c1-25-15-8-5-13(6-9-15)7-10-18(23)21-22-20(24)14-11-16(26-2)19(28-4)17(12-14)27-3/h5-6,8-9,11-12H,7,10H2,1-4H3,(H,21,23)(H,22,24). The molecule has 0 aromatic heterocycles. The molecule has 0 fully saturated rings. The van der Waals surface area contributed by atoms with Gasteiger partial charge in [0.05, 0.1) is 28.4 Å². The summed E-state index contributed by atoms with van der Waals surface area (Å²) in [5.74, 6) is 1.01. The van der Waals surface area contributed by atoms with Gasteiger partial charge in [0, 0.05) is 12.0 Å². The van der Waals surface area contributed by atoms with Gasteiger partial charge in [0.25, 0.3) is 5.91 Å². The molecule has 2 aromatic rings. The highest BCUT2D eigenvalue weighted by atomic mass is 16.5. The largest absolute Gasteiger partial charge is 0.497 e. The van der Waals surface area contributed by atoms with Crippen LogP contribution in [0.5, 0.6) is 23.0 Å². The Bertz CT molecular complexity index is 795. The Morgan fingerprint density at radius 2 is 1.43 bits per heavy atom. The van der Waals surface area contributed by atoms with Crippen LogP contribution in [0.1, 0.15) is 22.3 Å². The number of rotatable bonds is 8. The summed E-state index contributed by atoms with van der Waals surface area (Å²) >= 11 is 0. The van der Waals surface area contributed by atoms with Crippen LogP contribution in [0.2, 0.25) is 0 Å². The predicted molar refractivity (Wildman–Crippen MR) is 103 cm³/mol. The van der Waals surface area contributed by atoms with Gasteiger partial charge in [-0.05, 0) is 36.2 Å². The lowest BCUT2D eigenvalue weighted by molar-refractivity contribution is -0.121. The Labute approximate surface area is 163 Å². The summed E-state index contributed by atoms with van der Waals surface area (Å²) in [6.07, 6.45) is 0.762. The van der Waals surface area contributed by atoms with Gasteiger partial charge in [-0.3, -0.25) is 20.4 Å². The Morgan fingerprint density at radius 1 is 0.821 bits per heavy atom. The van der Waals surface area contributed by atoms with Gasteiger partial charge in [0.2, 0.25) is 11.7 Å². The maximum Gasteiger partial charge on any atom is 0.269 e. The summed E-state index contributed by atoms with van der Waals surface area (Å²) < 4.78 is 20.8. The van der Waals surface area contributed by atoms with E-state index in [1.807, 2.05) is 24.3 Å². The molecule has 2 amide bonds. The molecule has 2 rings (SSSR count). The van der Waals surface area contributed by atoms with Crippen LogP contribution in [-0.4, -0.2) is 40.3 Å². The fourth-order valence-electron chi connectivity index (χ4n) is 2.52. The highest BCUT2D eigenvalue weighted by Crippen LogP contribution is 2.38. The van der Waals surface area contributed by atoms with Gasteiger partial charge in [0.1, 0.15) is 5.75 Å². The summed E-state index contributed by atoms with van der Waals surface area (Å²) in [5.41, 5.74) is 6.03. The van der Waals surface area contributed by atoms with Crippen LogP contribution >= 0.6 is 0 Å². The Hall–Kier alpha value is -3.42. The van der Waals surface area contributed by atoms with Gasteiger partial charge < -0.3 is 18.9 Å². The molecule has 28 heavy (non-hydrogen) atoms. The van der Waals surface area contributed by atoms with Gasteiger partial charge in [-0.1, -0.05) is 12.1 Å². The first-order valence-electron chi connectivity index (χ1n) is 8.54. The first kappa shape index (κ1) is 20.9. The van der Waals surface area contributed by atoms with E-state index in [0.29, 0.717) is 23.7 Å². The molecule has 0 bridgehead atoms. The molecule has 0 saturated heterocycles. The van der Waals surface area contributed by atoms with E-state index < -0.39 is 5.91 Å². The van der Waals surface area contributed by atoms with Crippen LogP contribution in [0.4, 0.5) is 0 Å². The molecule has 0 aliphatic rings. The second-order valence-corrected chi connectivity index (χ2v) is 5.76. The molecular formula is C20H24N2O6. The zero-order valence-corrected chi connectivity index (χ0v) is 16.3. The molecule has 8 heteroatoms. The zero-order valence-electron chi connectivity index (χ0n) is 16.3. The smallest absolute Gasteiger partial charge is 0.269 e. The van der Waals surface area contributed by atoms with Crippen molar-refractivity contribution in [2.75, 3.05) is 28.4 Å². The number of benzene rings is 2. The monoisotopic (exact) mass is 388 g/mol. The first-order chi connectivity index (χ1) is 13.5. The maximum absolute atomic E-state index is 12.3. The van der Waals surface area contributed by atoms with Gasteiger partial charge in [0.15, 0.2) is 11.5 Å². The van der Waals surface area contributed by atoms with Gasteiger partial charge in [-0.25, -0.2) is 0 Å². The summed E-state index contributed by atoms with van der Waals surface area (Å²) in [5, 5.41) is 0. The molecule has 0 radical (unpaired) electrons. The Morgan fingerprint density at radius 3 is 1.93 bits per heavy atom. The molecule has 0 unspecified atom stereocenters. The Kier molecular flexibility index (Phi) is 7.50. The third-order valence-electron chi connectivity index (χ3n) is 4.04. The van der Waals surface area contributed by atoms with Crippen molar-refractivity contribution in [2.45, 2.75) is 12.8 Å². The third-order valence-corrected chi connectivity index (χ3v) is 4.04. The predicted octanol–water partition coefficient (Wildman–Crippen LogP) is 2.11. The normalized spacial score (nSPS) is 10.0. The number of hydrazine groups is 1. The second-order valence-electron chi connectivity index (χ2n) is 5.76. The minimum Gasteiger partial charge on any atom is -0.497 e. The Balaban J connectivity index is 1.92. The number of carbonyl (C=O) groups excluding carboxylic acids is 2. The lowest BCUT2D eigenvalue weighted by Crippen LogP contribution is -2.41. The molecule has 0 spiro atoms. The van der Waals surface area contributed by atoms with E-state index in [4.69, 9.17) is 18.9 Å². The fraction of sp³-hybridized carbons (Fsp3) is 0.300. The quantitative estimate of drug-likeness (QED) is 0.673. The lowest BCUT2D eigenvalue weighted by Gasteiger charge is -2.14. The fourth-order valence-corrected chi connectivity index (χ4v) is 2.52. The minimum atomic E-state index is -0.503. The van der Waals surface area contributed by atoms with Crippen molar-refractivity contribution < 1.29 is 28.5 Å². The number of amides is 2. The number of nitrogens with one attached hydrogen (secondary N) is 2. The molecule has 0 aliphatic carbocycles. The number of methoxy groups -OCH3 is 4. The van der Waals surface area contributed by atoms with Crippen molar-refractivity contribution in [1.82, 2.24) is 10.9 Å². The van der Waals surface area contributed by atoms with E-state index in [2.05, 4.69) is 10.9 Å². The first-order valence-corrected chi connectivity index (χ1v) is 8.54. The molecule has 0 heterocycles. The van der Waals surface area contributed by atoms with E-state index in [0.717, 1.165) is 11.3 Å². The molecule has 0 atom stereocenters. The maximum atomic E-state index is 12.3. The van der Waals surface area contributed by atoms with E-state index >= 15 is 0 Å². The van der Waals surface area contributed by atoms with Crippen LogP contribution < -0.4 is 29.8 Å². The zero-order chi connectivity index (χ0) is 20.5. The van der Waals surface area contributed by atoms with Gasteiger partial charge >= 0.3 is 0 Å². The highest BCUT2D eigenvalue weighted by Gasteiger charge is 2.17. The van der Waals surface area contributed by atoms with Crippen LogP contribution in [-0.2, 0) is 11.2 Å². The van der Waals surface area contributed by atoms with E-state index in [-0.39, 0.29) is 17.9 Å². The lowest BCUT2D eigenvalue weighted by atomic mass is 10.1. The summed E-state index contributed by atoms with van der Waals surface area (Å²) in [7, 11) is 5.99. The number of ether oxygens (including phenoxy) is 4. The number of aryl methyl sites for hydroxylation is 1. The van der Waals surface area contributed by atoms with Crippen LogP contribution in [0.3, 0.4) is 0 Å². The molecule has 2 aromatic carbocycles. The summed E-state index contributed by atoms with van der Waals surface area (Å²) in [6.45, 7) is 0. The third kappa shape index (κ3) is 5.29. The molecule has 0 aliphatic heterocycles. The van der Waals surface area contributed by atoms with Crippen LogP contribution in [0, 0.1) is 0 Å². The van der Waals surface area contributed by atoms with Crippen molar-refractivity contribution in [3.8, 4) is 23.0 Å². The van der Waals surface area contributed by atoms with Crippen molar-refractivity contribution in [1.29, 1.82) is 0 Å². The van der Waals surface area contributed by atoms with E-state index in [1.165, 1.54) is 33.5 Å². The topological polar surface area (TPSA) is 95.1 Å².